The third-order valence-corrected chi connectivity index (χ3v) is 3.95. The minimum absolute atomic E-state index is 0.0333. The van der Waals surface area contributed by atoms with E-state index in [9.17, 15) is 9.59 Å². The van der Waals surface area contributed by atoms with Crippen LogP contribution in [0.1, 0.15) is 28.8 Å². The summed E-state index contributed by atoms with van der Waals surface area (Å²) in [6, 6.07) is 18.5. The van der Waals surface area contributed by atoms with Crippen molar-refractivity contribution in [3.8, 4) is 11.1 Å². The molecule has 0 atom stereocenters. The smallest absolute Gasteiger partial charge is 0.185 e. The van der Waals surface area contributed by atoms with Crippen molar-refractivity contribution in [2.45, 2.75) is 19.9 Å². The SMILES string of the molecule is CCc1cc(=O)cc(CNc2ccc(-c3ccc(C=O)cc3)cc2)o1. The molecule has 25 heavy (non-hydrogen) atoms. The van der Waals surface area contributed by atoms with Crippen LogP contribution in [0, 0.1) is 0 Å². The van der Waals surface area contributed by atoms with Crippen LogP contribution in [-0.2, 0) is 13.0 Å². The summed E-state index contributed by atoms with van der Waals surface area (Å²) in [5.41, 5.74) is 3.70. The van der Waals surface area contributed by atoms with Crippen molar-refractivity contribution in [2.75, 3.05) is 5.32 Å². The maximum Gasteiger partial charge on any atom is 0.185 e. The first-order chi connectivity index (χ1) is 12.2. The van der Waals surface area contributed by atoms with Gasteiger partial charge in [-0.15, -0.1) is 0 Å². The van der Waals surface area contributed by atoms with E-state index < -0.39 is 0 Å². The van der Waals surface area contributed by atoms with Crippen molar-refractivity contribution in [3.05, 3.63) is 88.0 Å². The van der Waals surface area contributed by atoms with Crippen molar-refractivity contribution in [1.82, 2.24) is 0 Å². The van der Waals surface area contributed by atoms with Gasteiger partial charge in [0.1, 0.15) is 17.8 Å². The lowest BCUT2D eigenvalue weighted by atomic mass is 10.0. The van der Waals surface area contributed by atoms with E-state index in [1.807, 2.05) is 43.3 Å². The van der Waals surface area contributed by atoms with E-state index in [0.717, 1.165) is 23.1 Å². The number of nitrogens with one attached hydrogen (secondary N) is 1. The van der Waals surface area contributed by atoms with E-state index in [-0.39, 0.29) is 5.43 Å². The number of benzene rings is 2. The first-order valence-electron chi connectivity index (χ1n) is 8.20. The monoisotopic (exact) mass is 333 g/mol. The second kappa shape index (κ2) is 7.62. The molecular formula is C21H19NO3. The molecule has 0 saturated heterocycles. The Labute approximate surface area is 146 Å². The summed E-state index contributed by atoms with van der Waals surface area (Å²) >= 11 is 0. The van der Waals surface area contributed by atoms with Gasteiger partial charge in [0.2, 0.25) is 0 Å². The van der Waals surface area contributed by atoms with E-state index in [4.69, 9.17) is 4.42 Å². The standard InChI is InChI=1S/C21H19NO3/c1-2-20-11-19(24)12-21(25-20)13-22-18-9-7-17(8-10-18)16-5-3-15(14-23)4-6-16/h3-12,14,22H,2,13H2,1H3. The molecule has 1 aromatic heterocycles. The topological polar surface area (TPSA) is 59.3 Å². The highest BCUT2D eigenvalue weighted by Crippen LogP contribution is 2.22. The van der Waals surface area contributed by atoms with Crippen LogP contribution in [0.4, 0.5) is 5.69 Å². The number of anilines is 1. The molecule has 0 bridgehead atoms. The first kappa shape index (κ1) is 16.7. The van der Waals surface area contributed by atoms with Crippen LogP contribution in [0.15, 0.2) is 69.9 Å². The molecule has 0 spiro atoms. The van der Waals surface area contributed by atoms with Gasteiger partial charge in [0.25, 0.3) is 0 Å². The van der Waals surface area contributed by atoms with Crippen LogP contribution in [0.3, 0.4) is 0 Å². The maximum atomic E-state index is 11.6. The summed E-state index contributed by atoms with van der Waals surface area (Å²) in [7, 11) is 0. The number of hydrogen-bond acceptors (Lipinski definition) is 4. The number of carbonyl (C=O) groups excluding carboxylic acids is 1. The molecule has 1 N–H and O–H groups in total. The molecule has 0 unspecified atom stereocenters. The van der Waals surface area contributed by atoms with E-state index >= 15 is 0 Å². The van der Waals surface area contributed by atoms with Gasteiger partial charge in [0.05, 0.1) is 6.54 Å². The van der Waals surface area contributed by atoms with Gasteiger partial charge in [0.15, 0.2) is 5.43 Å². The summed E-state index contributed by atoms with van der Waals surface area (Å²) in [6.45, 7) is 2.41. The van der Waals surface area contributed by atoms with E-state index in [2.05, 4.69) is 5.32 Å². The Hall–Kier alpha value is -3.14. The van der Waals surface area contributed by atoms with Gasteiger partial charge in [-0.2, -0.15) is 0 Å². The van der Waals surface area contributed by atoms with Gasteiger partial charge in [0, 0.05) is 29.8 Å². The zero-order chi connectivity index (χ0) is 17.6. The summed E-state index contributed by atoms with van der Waals surface area (Å²) in [5, 5.41) is 3.26. The predicted molar refractivity (Wildman–Crippen MR) is 98.9 cm³/mol. The van der Waals surface area contributed by atoms with E-state index in [1.54, 1.807) is 12.1 Å². The Morgan fingerprint density at radius 1 is 0.920 bits per heavy atom. The maximum absolute atomic E-state index is 11.6. The lowest BCUT2D eigenvalue weighted by Gasteiger charge is -2.08. The van der Waals surface area contributed by atoms with Crippen molar-refractivity contribution in [1.29, 1.82) is 0 Å². The molecule has 4 nitrogen and oxygen atoms in total. The Kier molecular flexibility index (Phi) is 5.09. The molecule has 3 rings (SSSR count). The van der Waals surface area contributed by atoms with Crippen LogP contribution in [0.25, 0.3) is 11.1 Å². The normalized spacial score (nSPS) is 10.4. The van der Waals surface area contributed by atoms with Gasteiger partial charge in [-0.3, -0.25) is 9.59 Å². The zero-order valence-electron chi connectivity index (χ0n) is 14.0. The van der Waals surface area contributed by atoms with Gasteiger partial charge < -0.3 is 9.73 Å². The molecule has 0 aliphatic carbocycles. The molecule has 0 saturated carbocycles. The molecular weight excluding hydrogens is 314 g/mol. The van der Waals surface area contributed by atoms with E-state index in [0.29, 0.717) is 30.0 Å². The molecule has 4 heteroatoms. The molecule has 2 aromatic carbocycles. The number of carbonyl (C=O) groups is 1. The third kappa shape index (κ3) is 4.23. The Bertz CT molecular complexity index is 909. The second-order valence-electron chi connectivity index (χ2n) is 5.75. The lowest BCUT2D eigenvalue weighted by molar-refractivity contribution is 0.112. The van der Waals surface area contributed by atoms with Crippen LogP contribution in [-0.4, -0.2) is 6.29 Å². The molecule has 0 fully saturated rings. The van der Waals surface area contributed by atoms with Crippen LogP contribution < -0.4 is 10.7 Å². The van der Waals surface area contributed by atoms with Gasteiger partial charge in [-0.1, -0.05) is 43.3 Å². The number of hydrogen-bond donors (Lipinski definition) is 1. The molecule has 0 aliphatic heterocycles. The summed E-state index contributed by atoms with van der Waals surface area (Å²) in [4.78, 5) is 22.3. The lowest BCUT2D eigenvalue weighted by Crippen LogP contribution is -2.06. The average molecular weight is 333 g/mol. The third-order valence-electron chi connectivity index (χ3n) is 3.95. The van der Waals surface area contributed by atoms with E-state index in [1.165, 1.54) is 12.1 Å². The summed E-state index contributed by atoms with van der Waals surface area (Å²) < 4.78 is 5.65. The first-order valence-corrected chi connectivity index (χ1v) is 8.20. The Morgan fingerprint density at radius 3 is 2.12 bits per heavy atom. The second-order valence-corrected chi connectivity index (χ2v) is 5.75. The molecule has 0 aliphatic rings. The molecule has 0 radical (unpaired) electrons. The summed E-state index contributed by atoms with van der Waals surface area (Å²) in [5.74, 6) is 1.32. The molecule has 1 heterocycles. The van der Waals surface area contributed by atoms with Crippen molar-refractivity contribution in [3.63, 3.8) is 0 Å². The van der Waals surface area contributed by atoms with Crippen LogP contribution in [0.2, 0.25) is 0 Å². The minimum atomic E-state index is -0.0333. The van der Waals surface area contributed by atoms with Crippen LogP contribution in [0.5, 0.6) is 0 Å². The van der Waals surface area contributed by atoms with Crippen molar-refractivity contribution in [2.24, 2.45) is 0 Å². The van der Waals surface area contributed by atoms with Crippen molar-refractivity contribution < 1.29 is 9.21 Å². The predicted octanol–water partition coefficient (Wildman–Crippen LogP) is 4.29. The fourth-order valence-corrected chi connectivity index (χ4v) is 2.57. The quantitative estimate of drug-likeness (QED) is 0.684. The highest BCUT2D eigenvalue weighted by Gasteiger charge is 2.02. The Balaban J connectivity index is 1.69. The highest BCUT2D eigenvalue weighted by atomic mass is 16.3. The zero-order valence-corrected chi connectivity index (χ0v) is 14.0. The van der Waals surface area contributed by atoms with Crippen LogP contribution >= 0.6 is 0 Å². The average Bonchev–Trinajstić information content (AvgIpc) is 2.66. The molecule has 126 valence electrons. The minimum Gasteiger partial charge on any atom is -0.464 e. The fourth-order valence-electron chi connectivity index (χ4n) is 2.57. The van der Waals surface area contributed by atoms with Crippen molar-refractivity contribution >= 4 is 12.0 Å². The van der Waals surface area contributed by atoms with Gasteiger partial charge >= 0.3 is 0 Å². The number of aldehydes is 1. The fraction of sp³-hybridized carbons (Fsp3) is 0.143. The highest BCUT2D eigenvalue weighted by molar-refractivity contribution is 5.77. The van der Waals surface area contributed by atoms with Gasteiger partial charge in [-0.05, 0) is 23.3 Å². The summed E-state index contributed by atoms with van der Waals surface area (Å²) in [6.07, 6.45) is 1.53. The molecule has 0 amide bonds. The van der Waals surface area contributed by atoms with Gasteiger partial charge in [-0.25, -0.2) is 0 Å². The number of aryl methyl sites for hydroxylation is 1. The molecule has 3 aromatic rings. The largest absolute Gasteiger partial charge is 0.464 e. The Morgan fingerprint density at radius 2 is 1.52 bits per heavy atom. The number of rotatable bonds is 6.